The van der Waals surface area contributed by atoms with Gasteiger partial charge in [-0.1, -0.05) is 17.7 Å². The van der Waals surface area contributed by atoms with Gasteiger partial charge < -0.3 is 9.47 Å². The predicted molar refractivity (Wildman–Crippen MR) is 89.5 cm³/mol. The topological polar surface area (TPSA) is 81.7 Å². The van der Waals surface area contributed by atoms with Crippen LogP contribution < -0.4 is 9.46 Å². The van der Waals surface area contributed by atoms with Crippen LogP contribution in [0.2, 0.25) is 5.02 Å². The molecule has 25 heavy (non-hydrogen) atoms. The molecule has 9 heteroatoms. The van der Waals surface area contributed by atoms with Crippen molar-refractivity contribution in [2.24, 2.45) is 0 Å². The van der Waals surface area contributed by atoms with Crippen molar-refractivity contribution in [3.05, 3.63) is 59.4 Å². The van der Waals surface area contributed by atoms with Crippen molar-refractivity contribution < 1.29 is 27.1 Å². The zero-order valence-electron chi connectivity index (χ0n) is 12.9. The zero-order valence-corrected chi connectivity index (χ0v) is 14.5. The van der Waals surface area contributed by atoms with Crippen molar-refractivity contribution in [2.45, 2.75) is 4.90 Å². The van der Waals surface area contributed by atoms with Gasteiger partial charge in [-0.05, 0) is 42.5 Å². The Kier molecular flexibility index (Phi) is 6.74. The fourth-order valence-electron chi connectivity index (χ4n) is 1.77. The summed E-state index contributed by atoms with van der Waals surface area (Å²) >= 11 is 5.74. The van der Waals surface area contributed by atoms with Crippen LogP contribution >= 0.6 is 11.6 Å². The van der Waals surface area contributed by atoms with E-state index in [1.165, 1.54) is 12.1 Å². The highest BCUT2D eigenvalue weighted by Gasteiger charge is 2.16. The minimum atomic E-state index is -3.99. The molecule has 0 amide bonds. The first kappa shape index (κ1) is 19.2. The monoisotopic (exact) mass is 387 g/mol. The summed E-state index contributed by atoms with van der Waals surface area (Å²) in [5.41, 5.74) is 0. The van der Waals surface area contributed by atoms with Crippen molar-refractivity contribution >= 4 is 27.6 Å². The van der Waals surface area contributed by atoms with Crippen LogP contribution in [0, 0.1) is 5.82 Å². The van der Waals surface area contributed by atoms with Gasteiger partial charge in [0.15, 0.2) is 0 Å². The molecule has 0 aromatic heterocycles. The maximum Gasteiger partial charge on any atom is 0.321 e. The fourth-order valence-corrected chi connectivity index (χ4v) is 2.89. The Hall–Kier alpha value is -2.16. The molecule has 0 radical (unpaired) electrons. The minimum absolute atomic E-state index is 0.0524. The zero-order chi connectivity index (χ0) is 18.3. The van der Waals surface area contributed by atoms with Crippen molar-refractivity contribution in [3.63, 3.8) is 0 Å². The number of hydrogen-bond donors (Lipinski definition) is 1. The average molecular weight is 388 g/mol. The second-order valence-electron chi connectivity index (χ2n) is 4.80. The van der Waals surface area contributed by atoms with Crippen LogP contribution in [0.15, 0.2) is 53.4 Å². The average Bonchev–Trinajstić information content (AvgIpc) is 2.58. The molecule has 0 heterocycles. The van der Waals surface area contributed by atoms with Crippen LogP contribution in [0.25, 0.3) is 0 Å². The Morgan fingerprint density at radius 2 is 1.84 bits per heavy atom. The van der Waals surface area contributed by atoms with E-state index in [1.54, 1.807) is 24.3 Å². The third-order valence-corrected chi connectivity index (χ3v) is 4.59. The van der Waals surface area contributed by atoms with Crippen LogP contribution in [0.1, 0.15) is 0 Å². The number of ether oxygens (including phenoxy) is 2. The molecule has 0 saturated carbocycles. The third-order valence-electron chi connectivity index (χ3n) is 2.94. The molecule has 134 valence electrons. The Labute approximate surface area is 149 Å². The molecule has 0 bridgehead atoms. The van der Waals surface area contributed by atoms with E-state index in [0.29, 0.717) is 10.8 Å². The van der Waals surface area contributed by atoms with Crippen LogP contribution in [0.3, 0.4) is 0 Å². The normalized spacial score (nSPS) is 11.1. The summed E-state index contributed by atoms with van der Waals surface area (Å²) in [6, 6.07) is 11.1. The molecule has 0 saturated heterocycles. The number of sulfonamides is 1. The molecule has 2 aromatic rings. The van der Waals surface area contributed by atoms with Crippen molar-refractivity contribution in [1.82, 2.24) is 4.72 Å². The molecule has 0 fully saturated rings. The van der Waals surface area contributed by atoms with E-state index in [0.717, 1.165) is 12.1 Å². The molecular weight excluding hydrogens is 373 g/mol. The highest BCUT2D eigenvalue weighted by Crippen LogP contribution is 2.15. The van der Waals surface area contributed by atoms with Crippen LogP contribution in [-0.2, 0) is 19.6 Å². The van der Waals surface area contributed by atoms with Crippen LogP contribution in [-0.4, -0.2) is 34.1 Å². The summed E-state index contributed by atoms with van der Waals surface area (Å²) in [6.07, 6.45) is 0. The Morgan fingerprint density at radius 1 is 1.12 bits per heavy atom. The van der Waals surface area contributed by atoms with Gasteiger partial charge in [0.2, 0.25) is 10.0 Å². The van der Waals surface area contributed by atoms with Crippen LogP contribution in [0.4, 0.5) is 4.39 Å². The number of hydrogen-bond acceptors (Lipinski definition) is 5. The maximum atomic E-state index is 13.1. The fraction of sp³-hybridized carbons (Fsp3) is 0.188. The molecule has 0 spiro atoms. The van der Waals surface area contributed by atoms with Crippen molar-refractivity contribution in [2.75, 3.05) is 19.8 Å². The minimum Gasteiger partial charge on any atom is -0.490 e. The summed E-state index contributed by atoms with van der Waals surface area (Å²) < 4.78 is 49.1. The Morgan fingerprint density at radius 3 is 2.52 bits per heavy atom. The summed E-state index contributed by atoms with van der Waals surface area (Å²) in [5.74, 6) is -0.906. The second kappa shape index (κ2) is 8.80. The number of rotatable bonds is 8. The maximum absolute atomic E-state index is 13.1. The summed E-state index contributed by atoms with van der Waals surface area (Å²) in [4.78, 5) is 11.3. The first-order valence-corrected chi connectivity index (χ1v) is 9.02. The molecular formula is C16H15ClFNO5S. The lowest BCUT2D eigenvalue weighted by Gasteiger charge is -2.09. The molecule has 2 rings (SSSR count). The van der Waals surface area contributed by atoms with Gasteiger partial charge in [0.1, 0.15) is 31.3 Å². The van der Waals surface area contributed by atoms with Gasteiger partial charge in [0, 0.05) is 5.02 Å². The lowest BCUT2D eigenvalue weighted by atomic mass is 10.3. The highest BCUT2D eigenvalue weighted by atomic mass is 35.5. The molecule has 1 N–H and O–H groups in total. The first-order valence-electron chi connectivity index (χ1n) is 7.16. The molecule has 0 aliphatic carbocycles. The van der Waals surface area contributed by atoms with E-state index in [9.17, 15) is 17.6 Å². The lowest BCUT2D eigenvalue weighted by Crippen LogP contribution is -2.31. The molecule has 2 aromatic carbocycles. The van der Waals surface area contributed by atoms with Gasteiger partial charge in [-0.2, -0.15) is 4.72 Å². The predicted octanol–water partition coefficient (Wildman–Crippen LogP) is 2.38. The Balaban J connectivity index is 1.72. The number of nitrogens with one attached hydrogen (secondary N) is 1. The number of carbonyl (C=O) groups is 1. The van der Waals surface area contributed by atoms with E-state index in [1.807, 2.05) is 4.72 Å². The molecule has 6 nitrogen and oxygen atoms in total. The highest BCUT2D eigenvalue weighted by molar-refractivity contribution is 7.89. The Bertz CT molecular complexity index is 827. The molecule has 0 unspecified atom stereocenters. The molecule has 0 atom stereocenters. The van der Waals surface area contributed by atoms with Crippen LogP contribution in [0.5, 0.6) is 5.75 Å². The summed E-state index contributed by atoms with van der Waals surface area (Å²) in [5, 5.41) is 0.573. The number of halogens is 2. The van der Waals surface area contributed by atoms with Gasteiger partial charge in [-0.3, -0.25) is 4.79 Å². The SMILES string of the molecule is O=C(CNS(=O)(=O)c1cccc(F)c1)OCCOc1ccc(Cl)cc1. The standard InChI is InChI=1S/C16H15ClFNO5S/c17-12-4-6-14(7-5-12)23-8-9-24-16(20)11-19-25(21,22)15-3-1-2-13(18)10-15/h1-7,10,19H,8-9,11H2. The van der Waals surface area contributed by atoms with Crippen molar-refractivity contribution in [3.8, 4) is 5.75 Å². The van der Waals surface area contributed by atoms with Gasteiger partial charge in [0.25, 0.3) is 0 Å². The summed E-state index contributed by atoms with van der Waals surface area (Å²) in [6.45, 7) is -0.521. The van der Waals surface area contributed by atoms with E-state index in [4.69, 9.17) is 21.1 Å². The first-order chi connectivity index (χ1) is 11.9. The van der Waals surface area contributed by atoms with Crippen molar-refractivity contribution in [1.29, 1.82) is 0 Å². The second-order valence-corrected chi connectivity index (χ2v) is 7.01. The van der Waals surface area contributed by atoms with Gasteiger partial charge in [-0.25, -0.2) is 12.8 Å². The molecule has 0 aliphatic rings. The van der Waals surface area contributed by atoms with E-state index < -0.39 is 28.4 Å². The largest absolute Gasteiger partial charge is 0.490 e. The lowest BCUT2D eigenvalue weighted by molar-refractivity contribution is -0.142. The smallest absolute Gasteiger partial charge is 0.321 e. The van der Waals surface area contributed by atoms with Gasteiger partial charge in [-0.15, -0.1) is 0 Å². The van der Waals surface area contributed by atoms with Gasteiger partial charge in [0.05, 0.1) is 4.90 Å². The van der Waals surface area contributed by atoms with E-state index in [2.05, 4.69) is 0 Å². The molecule has 0 aliphatic heterocycles. The quantitative estimate of drug-likeness (QED) is 0.555. The summed E-state index contributed by atoms with van der Waals surface area (Å²) in [7, 11) is -3.99. The number of carbonyl (C=O) groups excluding carboxylic acids is 1. The van der Waals surface area contributed by atoms with E-state index in [-0.39, 0.29) is 18.1 Å². The third kappa shape index (κ3) is 6.33. The number of benzene rings is 2. The van der Waals surface area contributed by atoms with Gasteiger partial charge >= 0.3 is 5.97 Å². The number of esters is 1. The van der Waals surface area contributed by atoms with E-state index >= 15 is 0 Å².